The summed E-state index contributed by atoms with van der Waals surface area (Å²) in [6.45, 7) is 1.90. The summed E-state index contributed by atoms with van der Waals surface area (Å²) in [5.74, 6) is -0.249. The van der Waals surface area contributed by atoms with E-state index in [9.17, 15) is 4.79 Å². The second-order valence-electron chi connectivity index (χ2n) is 5.21. The van der Waals surface area contributed by atoms with E-state index in [1.807, 2.05) is 6.92 Å². The minimum atomic E-state index is -0.249. The van der Waals surface area contributed by atoms with Crippen molar-refractivity contribution in [2.75, 3.05) is 0 Å². The van der Waals surface area contributed by atoms with Gasteiger partial charge in [-0.05, 0) is 70.9 Å². The number of hydrogen-bond donors (Lipinski definition) is 2. The van der Waals surface area contributed by atoms with Crippen LogP contribution in [0.3, 0.4) is 0 Å². The van der Waals surface area contributed by atoms with Crippen LogP contribution in [-0.4, -0.2) is 16.6 Å². The van der Waals surface area contributed by atoms with Crippen LogP contribution in [-0.2, 0) is 12.8 Å². The molecule has 2 aromatic rings. The van der Waals surface area contributed by atoms with Crippen molar-refractivity contribution in [3.8, 4) is 0 Å². The highest BCUT2D eigenvalue weighted by atomic mass is 79.9. The molecule has 0 saturated carbocycles. The van der Waals surface area contributed by atoms with Gasteiger partial charge in [0, 0.05) is 10.7 Å². The number of carbonyl (C=O) groups excluding carboxylic acids is 1. The van der Waals surface area contributed by atoms with Crippen molar-refractivity contribution in [1.29, 1.82) is 0 Å². The molecule has 5 heteroatoms. The number of H-pyrrole nitrogens is 1. The first-order valence-electron chi connectivity index (χ1n) is 6.94. The Morgan fingerprint density at radius 1 is 1.29 bits per heavy atom. The third-order valence-corrected chi connectivity index (χ3v) is 4.19. The van der Waals surface area contributed by atoms with Crippen molar-refractivity contribution < 1.29 is 4.79 Å². The topological polar surface area (TPSA) is 57.2 Å². The van der Waals surface area contributed by atoms with E-state index in [1.54, 1.807) is 12.3 Å². The molecule has 1 amide bonds. The van der Waals surface area contributed by atoms with Crippen LogP contribution in [0.1, 0.15) is 40.5 Å². The van der Waals surface area contributed by atoms with E-state index in [0.717, 1.165) is 22.2 Å². The van der Waals surface area contributed by atoms with Crippen molar-refractivity contribution in [3.63, 3.8) is 0 Å². The Morgan fingerprint density at radius 2 is 2.10 bits per heavy atom. The first-order valence-corrected chi connectivity index (χ1v) is 7.73. The smallest absolute Gasteiger partial charge is 0.287 e. The molecule has 0 spiro atoms. The Labute approximate surface area is 131 Å². The van der Waals surface area contributed by atoms with Gasteiger partial charge in [-0.2, -0.15) is 5.10 Å². The number of carbonyl (C=O) groups is 1. The van der Waals surface area contributed by atoms with Crippen LogP contribution in [0, 0.1) is 0 Å². The van der Waals surface area contributed by atoms with Crippen molar-refractivity contribution in [3.05, 3.63) is 57.3 Å². The molecule has 0 atom stereocenters. The third kappa shape index (κ3) is 3.08. The maximum absolute atomic E-state index is 11.9. The normalized spacial score (nSPS) is 14.1. The fraction of sp³-hybridized carbons (Fsp3) is 0.250. The molecule has 0 unspecified atom stereocenters. The zero-order valence-corrected chi connectivity index (χ0v) is 13.3. The third-order valence-electron chi connectivity index (χ3n) is 3.73. The molecule has 0 aliphatic heterocycles. The lowest BCUT2D eigenvalue weighted by Crippen LogP contribution is -2.19. The van der Waals surface area contributed by atoms with Gasteiger partial charge in [-0.3, -0.25) is 4.79 Å². The zero-order valence-electron chi connectivity index (χ0n) is 11.7. The summed E-state index contributed by atoms with van der Waals surface area (Å²) < 4.78 is 0.840. The molecule has 4 nitrogen and oxygen atoms in total. The molecule has 0 saturated heterocycles. The highest BCUT2D eigenvalue weighted by Gasteiger charge is 2.12. The number of benzene rings is 1. The van der Waals surface area contributed by atoms with Crippen LogP contribution < -0.4 is 5.43 Å². The lowest BCUT2D eigenvalue weighted by atomic mass is 10.0. The summed E-state index contributed by atoms with van der Waals surface area (Å²) in [4.78, 5) is 14.8. The van der Waals surface area contributed by atoms with Crippen LogP contribution >= 0.6 is 15.9 Å². The molecule has 1 heterocycles. The summed E-state index contributed by atoms with van der Waals surface area (Å²) in [6, 6.07) is 8.13. The van der Waals surface area contributed by atoms with Gasteiger partial charge in [0.15, 0.2) is 0 Å². The number of nitrogens with zero attached hydrogens (tertiary/aromatic N) is 1. The predicted octanol–water partition coefficient (Wildman–Crippen LogP) is 3.42. The molecule has 0 radical (unpaired) electrons. The van der Waals surface area contributed by atoms with Crippen LogP contribution in [0.4, 0.5) is 0 Å². The fourth-order valence-corrected chi connectivity index (χ4v) is 2.90. The maximum atomic E-state index is 11.9. The van der Waals surface area contributed by atoms with E-state index in [2.05, 4.69) is 49.6 Å². The first kappa shape index (κ1) is 14.1. The van der Waals surface area contributed by atoms with Gasteiger partial charge >= 0.3 is 0 Å². The molecule has 1 aliphatic rings. The summed E-state index contributed by atoms with van der Waals surface area (Å²) in [5, 5.41) is 4.19. The second kappa shape index (κ2) is 5.85. The van der Waals surface area contributed by atoms with Gasteiger partial charge in [0.1, 0.15) is 5.69 Å². The molecule has 1 aromatic heterocycles. The Balaban J connectivity index is 1.72. The second-order valence-corrected chi connectivity index (χ2v) is 6.12. The van der Waals surface area contributed by atoms with Crippen molar-refractivity contribution in [1.82, 2.24) is 10.4 Å². The number of hydrogen-bond acceptors (Lipinski definition) is 2. The predicted molar refractivity (Wildman–Crippen MR) is 86.6 cm³/mol. The Bertz CT molecular complexity index is 718. The first-order chi connectivity index (χ1) is 10.1. The van der Waals surface area contributed by atoms with Gasteiger partial charge in [-0.25, -0.2) is 5.43 Å². The van der Waals surface area contributed by atoms with E-state index in [-0.39, 0.29) is 5.91 Å². The number of aryl methyl sites for hydroxylation is 2. The summed E-state index contributed by atoms with van der Waals surface area (Å²) in [7, 11) is 0. The number of amides is 1. The molecule has 1 aromatic carbocycles. The average Bonchev–Trinajstić information content (AvgIpc) is 3.12. The van der Waals surface area contributed by atoms with E-state index in [1.165, 1.54) is 24.0 Å². The lowest BCUT2D eigenvalue weighted by Gasteiger charge is -2.05. The SMILES string of the molecule is C/C(=N/NC(=O)c1cc(Br)c[nH]1)c1ccc2c(c1)CCC2. The van der Waals surface area contributed by atoms with E-state index in [0.29, 0.717) is 5.69 Å². The van der Waals surface area contributed by atoms with Gasteiger partial charge < -0.3 is 4.98 Å². The minimum absolute atomic E-state index is 0.249. The molecular weight excluding hydrogens is 330 g/mol. The number of nitrogens with one attached hydrogen (secondary N) is 2. The molecule has 0 bridgehead atoms. The van der Waals surface area contributed by atoms with E-state index in [4.69, 9.17) is 0 Å². The summed E-state index contributed by atoms with van der Waals surface area (Å²) in [6.07, 6.45) is 5.25. The molecular formula is C16H16BrN3O. The Morgan fingerprint density at radius 3 is 2.86 bits per heavy atom. The summed E-state index contributed by atoms with van der Waals surface area (Å²) >= 11 is 3.30. The van der Waals surface area contributed by atoms with Gasteiger partial charge in [0.25, 0.3) is 5.91 Å². The van der Waals surface area contributed by atoms with Gasteiger partial charge in [0.2, 0.25) is 0 Å². The minimum Gasteiger partial charge on any atom is -0.356 e. The van der Waals surface area contributed by atoms with Crippen molar-refractivity contribution in [2.45, 2.75) is 26.2 Å². The maximum Gasteiger partial charge on any atom is 0.287 e. The number of aromatic nitrogens is 1. The van der Waals surface area contributed by atoms with Crippen molar-refractivity contribution in [2.24, 2.45) is 5.10 Å². The number of rotatable bonds is 3. The van der Waals surface area contributed by atoms with Crippen LogP contribution in [0.2, 0.25) is 0 Å². The van der Waals surface area contributed by atoms with Gasteiger partial charge in [0.05, 0.1) is 5.71 Å². The van der Waals surface area contributed by atoms with Crippen LogP contribution in [0.25, 0.3) is 0 Å². The average molecular weight is 346 g/mol. The van der Waals surface area contributed by atoms with E-state index >= 15 is 0 Å². The standard InChI is InChI=1S/C16H16BrN3O/c1-10(12-6-5-11-3-2-4-13(11)7-12)19-20-16(21)15-8-14(17)9-18-15/h5-9,18H,2-4H2,1H3,(H,20,21)/b19-10-. The highest BCUT2D eigenvalue weighted by Crippen LogP contribution is 2.23. The summed E-state index contributed by atoms with van der Waals surface area (Å²) in [5.41, 5.74) is 7.76. The Kier molecular flexibility index (Phi) is 3.92. The Hall–Kier alpha value is -1.88. The molecule has 0 fully saturated rings. The monoisotopic (exact) mass is 345 g/mol. The lowest BCUT2D eigenvalue weighted by molar-refractivity contribution is 0.0950. The van der Waals surface area contributed by atoms with E-state index < -0.39 is 0 Å². The fourth-order valence-electron chi connectivity index (χ4n) is 2.56. The molecule has 3 rings (SSSR count). The molecule has 108 valence electrons. The quantitative estimate of drug-likeness (QED) is 0.649. The van der Waals surface area contributed by atoms with Gasteiger partial charge in [-0.15, -0.1) is 0 Å². The van der Waals surface area contributed by atoms with Crippen LogP contribution in [0.5, 0.6) is 0 Å². The van der Waals surface area contributed by atoms with Crippen molar-refractivity contribution >= 4 is 27.5 Å². The molecule has 1 aliphatic carbocycles. The molecule has 2 N–H and O–H groups in total. The number of aromatic amines is 1. The number of hydrazone groups is 1. The number of halogens is 1. The zero-order chi connectivity index (χ0) is 14.8. The van der Waals surface area contributed by atoms with Gasteiger partial charge in [-0.1, -0.05) is 12.1 Å². The van der Waals surface area contributed by atoms with Crippen LogP contribution in [0.15, 0.2) is 40.0 Å². The number of fused-ring (bicyclic) bond motifs is 1. The highest BCUT2D eigenvalue weighted by molar-refractivity contribution is 9.10. The largest absolute Gasteiger partial charge is 0.356 e. The molecule has 21 heavy (non-hydrogen) atoms.